The number of nitrogens with zero attached hydrogens (tertiary/aromatic N) is 4. The summed E-state index contributed by atoms with van der Waals surface area (Å²) in [4.78, 5) is 0. The Morgan fingerprint density at radius 3 is 0.989 bits per heavy atom. The van der Waals surface area contributed by atoms with Crippen LogP contribution in [0.5, 0.6) is 23.0 Å². The molecule has 0 amide bonds. The van der Waals surface area contributed by atoms with Gasteiger partial charge in [0.2, 0.25) is 0 Å². The van der Waals surface area contributed by atoms with Crippen molar-refractivity contribution >= 4 is 0 Å². The second-order valence-corrected chi connectivity index (χ2v) is 26.5. The molecule has 88 heavy (non-hydrogen) atoms. The molecule has 4 aromatic heterocycles. The maximum atomic E-state index is 7.42. The first-order chi connectivity index (χ1) is 43.4. The third kappa shape index (κ3) is 11.8. The lowest BCUT2D eigenvalue weighted by Gasteiger charge is -2.41. The van der Waals surface area contributed by atoms with Crippen molar-refractivity contribution in [2.24, 2.45) is 0 Å². The molecule has 0 N–H and O–H groups in total. The van der Waals surface area contributed by atoms with Crippen LogP contribution in [-0.2, 0) is 64.7 Å². The van der Waals surface area contributed by atoms with Crippen LogP contribution in [0, 0.1) is 0 Å². The van der Waals surface area contributed by atoms with Gasteiger partial charge in [-0.05, 0) is 190 Å². The number of benzene rings is 5. The Labute approximate surface area is 521 Å². The first kappa shape index (κ1) is 56.4. The molecule has 4 atom stereocenters. The number of fused-ring (bicyclic) bond motifs is 4. The fourth-order valence-corrected chi connectivity index (χ4v) is 15.9. The molecule has 2 fully saturated rings. The van der Waals surface area contributed by atoms with Crippen molar-refractivity contribution in [3.8, 4) is 45.3 Å². The van der Waals surface area contributed by atoms with Gasteiger partial charge >= 0.3 is 0 Å². The van der Waals surface area contributed by atoms with E-state index in [0.29, 0.717) is 36.9 Å². The van der Waals surface area contributed by atoms with Crippen molar-refractivity contribution in [1.29, 1.82) is 0 Å². The van der Waals surface area contributed by atoms with E-state index in [4.69, 9.17) is 18.9 Å². The fourth-order valence-electron chi connectivity index (χ4n) is 15.9. The van der Waals surface area contributed by atoms with Crippen molar-refractivity contribution in [1.82, 2.24) is 0 Å². The standard InChI is InChI=1S/C80H86N4O4/c1-85-77-65-43-57-11-5-3-7-14-60-46-68-52-66-44-58-12-6-4-8-13-59-45-67(51-65)79(76(50-59)72-22-20-70(72)74(48-58)78(66)86-2)87-41-9-31-81-33-23-61(24-34-81)63-27-37-83(38-28-63)53-55-15-17-56(18-16-55)54-84-39-29-64(30-40-84)62-25-35-82(36-26-62)32-10-42-88-80(68)75(49-60)71-21-19-69(71)73(77)47-57/h15-18,23-30,33-40,43-50,69-72H,3-14,19-22,31-32,41-42,51-54H2,1-2H3/q+4. The summed E-state index contributed by atoms with van der Waals surface area (Å²) in [6, 6.07) is 47.5. The number of rotatable bonds is 2. The molecule has 17 heterocycles. The van der Waals surface area contributed by atoms with E-state index in [9.17, 15) is 0 Å². The highest BCUT2D eigenvalue weighted by Gasteiger charge is 2.41. The number of hydrogen-bond acceptors (Lipinski definition) is 4. The quantitative estimate of drug-likeness (QED) is 0.162. The summed E-state index contributed by atoms with van der Waals surface area (Å²) >= 11 is 0. The molecule has 8 nitrogen and oxygen atoms in total. The van der Waals surface area contributed by atoms with Crippen LogP contribution < -0.4 is 37.2 Å². The number of pyridine rings is 4. The Hall–Kier alpha value is -8.10. The Balaban J connectivity index is 0.849. The van der Waals surface area contributed by atoms with Crippen LogP contribution in [-0.4, -0.2) is 27.4 Å². The normalized spacial score (nSPS) is 19.9. The van der Waals surface area contributed by atoms with Crippen LogP contribution >= 0.6 is 0 Å². The van der Waals surface area contributed by atoms with Gasteiger partial charge < -0.3 is 18.9 Å². The summed E-state index contributed by atoms with van der Waals surface area (Å²) in [5, 5.41) is 0. The highest BCUT2D eigenvalue weighted by Crippen LogP contribution is 2.58. The summed E-state index contributed by atoms with van der Waals surface area (Å²) in [5.74, 6) is 5.56. The molecule has 2 saturated carbocycles. The number of aryl methyl sites for hydroxylation is 6. The largest absolute Gasteiger partial charge is 0.496 e. The average Bonchev–Trinajstić information content (AvgIpc) is 1.11. The Kier molecular flexibility index (Phi) is 16.1. The van der Waals surface area contributed by atoms with Crippen LogP contribution in [0.4, 0.5) is 0 Å². The van der Waals surface area contributed by atoms with Crippen LogP contribution in [0.1, 0.15) is 179 Å². The first-order valence-corrected chi connectivity index (χ1v) is 33.4. The summed E-state index contributed by atoms with van der Waals surface area (Å²) in [6.07, 6.45) is 36.9. The lowest BCUT2D eigenvalue weighted by molar-refractivity contribution is -0.697. The van der Waals surface area contributed by atoms with E-state index < -0.39 is 0 Å². The molecule has 9 aromatic rings. The number of aromatic nitrogens is 4. The summed E-state index contributed by atoms with van der Waals surface area (Å²) in [6.45, 7) is 4.63. The highest BCUT2D eigenvalue weighted by atomic mass is 16.5. The minimum Gasteiger partial charge on any atom is -0.496 e. The van der Waals surface area contributed by atoms with Gasteiger partial charge in [-0.3, -0.25) is 0 Å². The van der Waals surface area contributed by atoms with Gasteiger partial charge in [0, 0.05) is 85.3 Å². The predicted molar refractivity (Wildman–Crippen MR) is 346 cm³/mol. The van der Waals surface area contributed by atoms with Crippen molar-refractivity contribution in [2.45, 2.75) is 165 Å². The summed E-state index contributed by atoms with van der Waals surface area (Å²) in [7, 11) is 3.86. The predicted octanol–water partition coefficient (Wildman–Crippen LogP) is 14.9. The molecule has 13 aliphatic heterocycles. The van der Waals surface area contributed by atoms with E-state index in [2.05, 4.69) is 189 Å². The molecule has 18 aliphatic rings. The van der Waals surface area contributed by atoms with Gasteiger partial charge in [-0.25, -0.2) is 18.3 Å². The molecule has 0 radical (unpaired) electrons. The van der Waals surface area contributed by atoms with Gasteiger partial charge in [0.15, 0.2) is 75.8 Å². The topological polar surface area (TPSA) is 52.4 Å². The van der Waals surface area contributed by atoms with Crippen LogP contribution in [0.3, 0.4) is 0 Å². The number of ether oxygens (including phenoxy) is 4. The van der Waals surface area contributed by atoms with Crippen LogP contribution in [0.25, 0.3) is 22.3 Å². The maximum absolute atomic E-state index is 7.42. The molecule has 5 aliphatic carbocycles. The molecule has 8 heteroatoms. The van der Waals surface area contributed by atoms with Gasteiger partial charge in [-0.15, -0.1) is 0 Å². The van der Waals surface area contributed by atoms with Crippen LogP contribution in [0.15, 0.2) is 171 Å². The summed E-state index contributed by atoms with van der Waals surface area (Å²) < 4.78 is 37.6. The zero-order valence-electron chi connectivity index (χ0n) is 51.9. The smallest absolute Gasteiger partial charge is 0.173 e. The molecule has 446 valence electrons. The third-order valence-electron chi connectivity index (χ3n) is 20.8. The SMILES string of the molecule is COc1c2cc3cc1C1CCC1c1cc(cc4c1OCCC[n+]1ccc(cc1)-c1cc[n+](cc1)Cc1ccc(cc1)C[n+]1ccc(cc1)-c1cc[n+](cc1)CCCOc1c(cc5cc1C1CCC1c1cc(cc(c1OC)C4)CCCCC5)C2)CCCCC3. The summed E-state index contributed by atoms with van der Waals surface area (Å²) in [5.41, 5.74) is 23.9. The Morgan fingerprint density at radius 2 is 0.648 bits per heavy atom. The fraction of sp³-hybridized carbons (Fsp3) is 0.375. The van der Waals surface area contributed by atoms with Gasteiger partial charge in [0.1, 0.15) is 23.0 Å². The Morgan fingerprint density at radius 1 is 0.330 bits per heavy atom. The first-order valence-electron chi connectivity index (χ1n) is 33.4. The molecule has 24 bridgehead atoms. The maximum Gasteiger partial charge on any atom is 0.173 e. The lowest BCUT2D eigenvalue weighted by Crippen LogP contribution is -2.34. The molecule has 27 rings (SSSR count). The molecular weight excluding hydrogens is 1080 g/mol. The third-order valence-corrected chi connectivity index (χ3v) is 20.8. The molecule has 4 unspecified atom stereocenters. The minimum absolute atomic E-state index is 0.304. The van der Waals surface area contributed by atoms with Gasteiger partial charge in [-0.2, -0.15) is 0 Å². The van der Waals surface area contributed by atoms with Crippen LogP contribution in [0.2, 0.25) is 0 Å². The zero-order valence-corrected chi connectivity index (χ0v) is 51.9. The van der Waals surface area contributed by atoms with Gasteiger partial charge in [-0.1, -0.05) is 85.6 Å². The minimum atomic E-state index is 0.304. The lowest BCUT2D eigenvalue weighted by atomic mass is 9.64. The monoisotopic (exact) mass is 1170 g/mol. The van der Waals surface area contributed by atoms with Crippen molar-refractivity contribution in [2.75, 3.05) is 27.4 Å². The van der Waals surface area contributed by atoms with Gasteiger partial charge in [0.05, 0.1) is 27.4 Å². The van der Waals surface area contributed by atoms with Crippen molar-refractivity contribution < 1.29 is 37.2 Å². The van der Waals surface area contributed by atoms with E-state index in [1.54, 1.807) is 0 Å². The average molecular weight is 1170 g/mol. The van der Waals surface area contributed by atoms with E-state index in [1.807, 2.05) is 14.2 Å². The van der Waals surface area contributed by atoms with Crippen molar-refractivity contribution in [3.05, 3.63) is 249 Å². The van der Waals surface area contributed by atoms with Gasteiger partial charge in [0.25, 0.3) is 0 Å². The molecule has 0 saturated heterocycles. The number of hydrogen-bond donors (Lipinski definition) is 0. The number of methoxy groups -OCH3 is 2. The van der Waals surface area contributed by atoms with E-state index in [1.165, 1.54) is 126 Å². The second-order valence-electron chi connectivity index (χ2n) is 26.5. The van der Waals surface area contributed by atoms with Crippen molar-refractivity contribution in [3.63, 3.8) is 0 Å². The van der Waals surface area contributed by atoms with E-state index in [-0.39, 0.29) is 0 Å². The molecule has 5 aromatic carbocycles. The van der Waals surface area contributed by atoms with E-state index in [0.717, 1.165) is 139 Å². The zero-order chi connectivity index (χ0) is 58.9. The molecule has 0 spiro atoms. The molecular formula is C80H86N4O4+4. The highest BCUT2D eigenvalue weighted by molar-refractivity contribution is 5.63. The Bertz CT molecular complexity index is 3710. The van der Waals surface area contributed by atoms with E-state index >= 15 is 0 Å². The second kappa shape index (κ2) is 25.2.